The Morgan fingerprint density at radius 2 is 2.24 bits per heavy atom. The van der Waals surface area contributed by atoms with E-state index in [4.69, 9.17) is 16.3 Å². The Morgan fingerprint density at radius 3 is 2.96 bits per heavy atom. The Kier molecular flexibility index (Phi) is 5.49. The Balaban J connectivity index is 1.91. The third-order valence-corrected chi connectivity index (χ3v) is 5.54. The Bertz CT molecular complexity index is 959. The topological polar surface area (TPSA) is 66.1 Å². The van der Waals surface area contributed by atoms with Crippen LogP contribution in [0.4, 0.5) is 0 Å². The monoisotopic (exact) mass is 388 g/mol. The molecule has 0 unspecified atom stereocenters. The summed E-state index contributed by atoms with van der Waals surface area (Å²) >= 11 is 8.87. The van der Waals surface area contributed by atoms with E-state index in [1.54, 1.807) is 18.2 Å². The van der Waals surface area contributed by atoms with Gasteiger partial charge in [-0.15, -0.1) is 11.3 Å². The van der Waals surface area contributed by atoms with Crippen molar-refractivity contribution in [3.63, 3.8) is 0 Å². The van der Waals surface area contributed by atoms with Gasteiger partial charge in [-0.25, -0.2) is 4.98 Å². The number of hydrogen-bond donors (Lipinski definition) is 1. The summed E-state index contributed by atoms with van der Waals surface area (Å²) in [4.78, 5) is 4.99. The van der Waals surface area contributed by atoms with Gasteiger partial charge in [0.25, 0.3) is 0 Å². The van der Waals surface area contributed by atoms with Gasteiger partial charge in [0.15, 0.2) is 15.8 Å². The lowest BCUT2D eigenvalue weighted by Gasteiger charge is -2.08. The van der Waals surface area contributed by atoms with E-state index in [-0.39, 0.29) is 10.8 Å². The molecule has 0 saturated heterocycles. The number of nitriles is 1. The van der Waals surface area contributed by atoms with E-state index < -0.39 is 0 Å². The third kappa shape index (κ3) is 4.07. The highest BCUT2D eigenvalue weighted by atomic mass is 35.5. The molecular formula is C18H13ClN2O2S2. The zero-order valence-corrected chi connectivity index (χ0v) is 15.6. The molecule has 0 spiro atoms. The molecule has 25 heavy (non-hydrogen) atoms. The molecule has 1 heterocycles. The van der Waals surface area contributed by atoms with Gasteiger partial charge in [0, 0.05) is 0 Å². The summed E-state index contributed by atoms with van der Waals surface area (Å²) in [5.74, 6) is 0.196. The molecule has 1 N–H and O–H groups in total. The lowest BCUT2D eigenvalue weighted by Crippen LogP contribution is -1.92. The zero-order valence-electron chi connectivity index (χ0n) is 13.2. The van der Waals surface area contributed by atoms with Gasteiger partial charge in [-0.2, -0.15) is 5.26 Å². The summed E-state index contributed by atoms with van der Waals surface area (Å²) in [6, 6.07) is 13.3. The molecule has 2 aromatic carbocycles. The van der Waals surface area contributed by atoms with Crippen LogP contribution in [0.3, 0.4) is 0 Å². The summed E-state index contributed by atoms with van der Waals surface area (Å²) in [6.07, 6.45) is 1.70. The van der Waals surface area contributed by atoms with Crippen LogP contribution < -0.4 is 4.74 Å². The van der Waals surface area contributed by atoms with E-state index in [0.29, 0.717) is 22.8 Å². The quantitative estimate of drug-likeness (QED) is 0.447. The van der Waals surface area contributed by atoms with Gasteiger partial charge in [-0.05, 0) is 54.6 Å². The first-order chi connectivity index (χ1) is 12.1. The molecule has 0 atom stereocenters. The molecule has 0 bridgehead atoms. The van der Waals surface area contributed by atoms with Crippen molar-refractivity contribution in [2.24, 2.45) is 0 Å². The number of thioether (sulfide) groups is 1. The van der Waals surface area contributed by atoms with Crippen molar-refractivity contribution >= 4 is 51.0 Å². The number of halogens is 1. The number of phenols is 1. The van der Waals surface area contributed by atoms with Crippen molar-refractivity contribution in [3.8, 4) is 17.6 Å². The Labute approximate surface area is 158 Å². The van der Waals surface area contributed by atoms with Crippen LogP contribution in [-0.4, -0.2) is 16.7 Å². The second-order valence-corrected chi connectivity index (χ2v) is 7.68. The normalized spacial score (nSPS) is 11.5. The number of rotatable bonds is 5. The smallest absolute Gasteiger partial charge is 0.176 e. The fourth-order valence-electron chi connectivity index (χ4n) is 2.17. The first-order valence-electron chi connectivity index (χ1n) is 7.41. The minimum absolute atomic E-state index is 0.0991. The SMILES string of the molecule is CCOc1cc(C=C(C#N)Sc2nc3ccccc3s2)cc(Cl)c1O. The largest absolute Gasteiger partial charge is 0.503 e. The lowest BCUT2D eigenvalue weighted by atomic mass is 10.2. The second kappa shape index (κ2) is 7.79. The molecule has 0 fully saturated rings. The summed E-state index contributed by atoms with van der Waals surface area (Å²) in [5.41, 5.74) is 1.59. The molecule has 0 aliphatic rings. The number of nitrogens with zero attached hydrogens (tertiary/aromatic N) is 2. The van der Waals surface area contributed by atoms with E-state index in [1.165, 1.54) is 23.1 Å². The van der Waals surface area contributed by atoms with Gasteiger partial charge in [0.2, 0.25) is 0 Å². The summed E-state index contributed by atoms with van der Waals surface area (Å²) in [6.45, 7) is 2.22. The molecule has 0 saturated carbocycles. The number of aromatic hydroxyl groups is 1. The number of allylic oxidation sites excluding steroid dienone is 1. The predicted octanol–water partition coefficient (Wildman–Crippen LogP) is 5.71. The maximum Gasteiger partial charge on any atom is 0.176 e. The third-order valence-electron chi connectivity index (χ3n) is 3.23. The summed E-state index contributed by atoms with van der Waals surface area (Å²) < 4.78 is 7.24. The molecule has 0 aliphatic heterocycles. The molecule has 7 heteroatoms. The first-order valence-corrected chi connectivity index (χ1v) is 9.42. The van der Waals surface area contributed by atoms with Crippen LogP contribution in [0.1, 0.15) is 12.5 Å². The van der Waals surface area contributed by atoms with Crippen molar-refractivity contribution in [2.45, 2.75) is 11.3 Å². The molecule has 1 aromatic heterocycles. The summed E-state index contributed by atoms with van der Waals surface area (Å²) in [5, 5.41) is 19.5. The second-order valence-electron chi connectivity index (χ2n) is 4.95. The predicted molar refractivity (Wildman–Crippen MR) is 103 cm³/mol. The van der Waals surface area contributed by atoms with Gasteiger partial charge in [0.05, 0.1) is 26.8 Å². The minimum Gasteiger partial charge on any atom is -0.503 e. The van der Waals surface area contributed by atoms with Crippen molar-refractivity contribution in [3.05, 3.63) is 51.9 Å². The highest BCUT2D eigenvalue weighted by molar-refractivity contribution is 8.05. The van der Waals surface area contributed by atoms with Gasteiger partial charge < -0.3 is 9.84 Å². The van der Waals surface area contributed by atoms with Crippen LogP contribution in [0.5, 0.6) is 11.5 Å². The Hall–Kier alpha value is -2.20. The van der Waals surface area contributed by atoms with Gasteiger partial charge in [-0.3, -0.25) is 0 Å². The van der Waals surface area contributed by atoms with Crippen molar-refractivity contribution in [2.75, 3.05) is 6.61 Å². The number of hydrogen-bond acceptors (Lipinski definition) is 6. The van der Waals surface area contributed by atoms with Gasteiger partial charge in [-0.1, -0.05) is 23.7 Å². The van der Waals surface area contributed by atoms with E-state index in [0.717, 1.165) is 14.6 Å². The number of fused-ring (bicyclic) bond motifs is 1. The van der Waals surface area contributed by atoms with Crippen molar-refractivity contribution in [1.29, 1.82) is 5.26 Å². The number of aromatic nitrogens is 1. The van der Waals surface area contributed by atoms with Crippen LogP contribution >= 0.6 is 34.7 Å². The van der Waals surface area contributed by atoms with E-state index in [2.05, 4.69) is 11.1 Å². The number of phenolic OH excluding ortho intramolecular Hbond substituents is 1. The number of para-hydroxylation sites is 1. The molecule has 3 rings (SSSR count). The molecule has 126 valence electrons. The zero-order chi connectivity index (χ0) is 17.8. The molecule has 4 nitrogen and oxygen atoms in total. The minimum atomic E-state index is -0.0991. The molecule has 0 aliphatic carbocycles. The van der Waals surface area contributed by atoms with Gasteiger partial charge in [0.1, 0.15) is 6.07 Å². The fraction of sp³-hybridized carbons (Fsp3) is 0.111. The average molecular weight is 389 g/mol. The van der Waals surface area contributed by atoms with E-state index in [9.17, 15) is 10.4 Å². The van der Waals surface area contributed by atoms with Crippen LogP contribution in [0.2, 0.25) is 5.02 Å². The maximum absolute atomic E-state index is 9.90. The maximum atomic E-state index is 9.90. The molecule has 0 amide bonds. The number of benzene rings is 2. The fourth-order valence-corrected chi connectivity index (χ4v) is 4.36. The highest BCUT2D eigenvalue weighted by Crippen LogP contribution is 2.38. The first kappa shape index (κ1) is 17.6. The highest BCUT2D eigenvalue weighted by Gasteiger charge is 2.11. The number of ether oxygens (including phenoxy) is 1. The van der Waals surface area contributed by atoms with E-state index in [1.807, 2.05) is 31.2 Å². The van der Waals surface area contributed by atoms with E-state index >= 15 is 0 Å². The average Bonchev–Trinajstić information content (AvgIpc) is 3.01. The molecular weight excluding hydrogens is 376 g/mol. The number of thiazole rings is 1. The standard InChI is InChI=1S/C18H13ClN2O2S2/c1-2-23-15-9-11(8-13(19)17(15)22)7-12(10-20)24-18-21-14-5-3-4-6-16(14)25-18/h3-9,22H,2H2,1H3. The molecule has 3 aromatic rings. The van der Waals surface area contributed by atoms with Crippen molar-refractivity contribution < 1.29 is 9.84 Å². The Morgan fingerprint density at radius 1 is 1.44 bits per heavy atom. The van der Waals surface area contributed by atoms with Crippen LogP contribution in [0.15, 0.2) is 45.6 Å². The van der Waals surface area contributed by atoms with Crippen LogP contribution in [-0.2, 0) is 0 Å². The van der Waals surface area contributed by atoms with Crippen LogP contribution in [0.25, 0.3) is 16.3 Å². The van der Waals surface area contributed by atoms with Crippen molar-refractivity contribution in [1.82, 2.24) is 4.98 Å². The van der Waals surface area contributed by atoms with Crippen LogP contribution in [0, 0.1) is 11.3 Å². The lowest BCUT2D eigenvalue weighted by molar-refractivity contribution is 0.318. The molecule has 0 radical (unpaired) electrons. The van der Waals surface area contributed by atoms with Gasteiger partial charge >= 0.3 is 0 Å². The summed E-state index contributed by atoms with van der Waals surface area (Å²) in [7, 11) is 0.